The lowest BCUT2D eigenvalue weighted by molar-refractivity contribution is -0.385. The van der Waals surface area contributed by atoms with E-state index >= 15 is 0 Å². The van der Waals surface area contributed by atoms with Gasteiger partial charge in [-0.25, -0.2) is 4.79 Å². The molecule has 1 unspecified atom stereocenters. The van der Waals surface area contributed by atoms with Crippen LogP contribution in [0.3, 0.4) is 0 Å². The van der Waals surface area contributed by atoms with E-state index in [1.54, 1.807) is 37.3 Å². The van der Waals surface area contributed by atoms with E-state index in [4.69, 9.17) is 9.47 Å². The summed E-state index contributed by atoms with van der Waals surface area (Å²) in [5, 5.41) is 14.6. The third-order valence-electron chi connectivity index (χ3n) is 5.79. The minimum atomic E-state index is -1.18. The molecule has 0 saturated carbocycles. The topological polar surface area (TPSA) is 142 Å². The number of carbonyl (C=O) groups is 4. The Hall–Kier alpha value is -4.86. The average Bonchev–Trinajstić information content (AvgIpc) is 2.89. The number of hydrogen-bond acceptors (Lipinski definition) is 8. The fraction of sp³-hybridized carbons (Fsp3) is 0.154. The van der Waals surface area contributed by atoms with Crippen molar-refractivity contribution in [3.63, 3.8) is 0 Å². The van der Waals surface area contributed by atoms with Gasteiger partial charge in [-0.15, -0.1) is 0 Å². The summed E-state index contributed by atoms with van der Waals surface area (Å²) in [6.45, 7) is 0.995. The fourth-order valence-electron chi connectivity index (χ4n) is 4.12. The van der Waals surface area contributed by atoms with Gasteiger partial charge >= 0.3 is 5.97 Å². The highest BCUT2D eigenvalue weighted by atomic mass is 16.6. The molecular weight excluding hydrogens is 468 g/mol. The summed E-state index contributed by atoms with van der Waals surface area (Å²) in [5.74, 6) is -2.57. The number of benzene rings is 3. The second kappa shape index (κ2) is 9.79. The smallest absolute Gasteiger partial charge is 0.345 e. The zero-order chi connectivity index (χ0) is 26.0. The molecule has 0 heterocycles. The van der Waals surface area contributed by atoms with Crippen molar-refractivity contribution in [2.24, 2.45) is 0 Å². The molecule has 1 N–H and O–H groups in total. The molecule has 0 fully saturated rings. The van der Waals surface area contributed by atoms with Crippen LogP contribution in [0.15, 0.2) is 60.7 Å². The number of carbonyl (C=O) groups excluding carboxylic acids is 4. The fourth-order valence-corrected chi connectivity index (χ4v) is 4.12. The van der Waals surface area contributed by atoms with Crippen molar-refractivity contribution in [1.29, 1.82) is 0 Å². The van der Waals surface area contributed by atoms with Crippen molar-refractivity contribution in [3.05, 3.63) is 104 Å². The number of rotatable bonds is 7. The Balaban J connectivity index is 1.55. The van der Waals surface area contributed by atoms with Gasteiger partial charge in [-0.1, -0.05) is 42.5 Å². The van der Waals surface area contributed by atoms with Gasteiger partial charge in [0.05, 0.1) is 18.1 Å². The number of methoxy groups -OCH3 is 1. The van der Waals surface area contributed by atoms with E-state index in [1.807, 2.05) is 0 Å². The minimum Gasteiger partial charge on any atom is -0.496 e. The monoisotopic (exact) mass is 488 g/mol. The van der Waals surface area contributed by atoms with Crippen LogP contribution in [0, 0.1) is 10.1 Å². The number of nitro benzene ring substituents is 1. The van der Waals surface area contributed by atoms with E-state index in [0.717, 1.165) is 6.07 Å². The van der Waals surface area contributed by atoms with Gasteiger partial charge in [0.2, 0.25) is 5.78 Å². The molecule has 0 saturated heterocycles. The number of hydrogen-bond donors (Lipinski definition) is 1. The van der Waals surface area contributed by atoms with Gasteiger partial charge in [-0.2, -0.15) is 0 Å². The summed E-state index contributed by atoms with van der Waals surface area (Å²) in [4.78, 5) is 62.0. The lowest BCUT2D eigenvalue weighted by atomic mass is 9.82. The molecule has 0 aromatic heterocycles. The van der Waals surface area contributed by atoms with Crippen molar-refractivity contribution in [2.45, 2.75) is 13.0 Å². The average molecular weight is 488 g/mol. The van der Waals surface area contributed by atoms with Crippen LogP contribution in [-0.4, -0.2) is 42.1 Å². The molecule has 10 heteroatoms. The second-order valence-corrected chi connectivity index (χ2v) is 7.95. The summed E-state index contributed by atoms with van der Waals surface area (Å²) in [7, 11) is 1.50. The molecule has 1 atom stereocenters. The summed E-state index contributed by atoms with van der Waals surface area (Å²) < 4.78 is 10.3. The molecule has 1 aliphatic carbocycles. The molecule has 4 rings (SSSR count). The van der Waals surface area contributed by atoms with E-state index in [-0.39, 0.29) is 16.7 Å². The molecule has 3 aromatic rings. The number of fused-ring (bicyclic) bond motifs is 2. The first kappa shape index (κ1) is 24.3. The molecule has 1 aliphatic rings. The third-order valence-corrected chi connectivity index (χ3v) is 5.79. The van der Waals surface area contributed by atoms with Crippen LogP contribution < -0.4 is 10.1 Å². The highest BCUT2D eigenvalue weighted by Crippen LogP contribution is 2.35. The van der Waals surface area contributed by atoms with Crippen LogP contribution in [0.25, 0.3) is 0 Å². The van der Waals surface area contributed by atoms with Gasteiger partial charge in [0.15, 0.2) is 12.4 Å². The van der Waals surface area contributed by atoms with Crippen LogP contribution in [0.4, 0.5) is 5.69 Å². The summed E-state index contributed by atoms with van der Waals surface area (Å²) in [6.07, 6.45) is 0. The quantitative estimate of drug-likeness (QED) is 0.237. The van der Waals surface area contributed by atoms with Gasteiger partial charge in [0.1, 0.15) is 16.9 Å². The van der Waals surface area contributed by atoms with Gasteiger partial charge in [-0.05, 0) is 25.1 Å². The predicted molar refractivity (Wildman–Crippen MR) is 126 cm³/mol. The number of ketones is 2. The first-order valence-corrected chi connectivity index (χ1v) is 10.8. The predicted octanol–water partition coefficient (Wildman–Crippen LogP) is 3.41. The Labute approximate surface area is 205 Å². The van der Waals surface area contributed by atoms with Crippen LogP contribution in [0.1, 0.15) is 60.7 Å². The first-order chi connectivity index (χ1) is 17.2. The maximum atomic E-state index is 13.0. The van der Waals surface area contributed by atoms with Crippen LogP contribution in [0.2, 0.25) is 0 Å². The second-order valence-electron chi connectivity index (χ2n) is 7.95. The summed E-state index contributed by atoms with van der Waals surface area (Å²) in [5.41, 5.74) is -1.20. The summed E-state index contributed by atoms with van der Waals surface area (Å²) >= 11 is 0. The number of para-hydroxylation sites is 1. The van der Waals surface area contributed by atoms with Crippen molar-refractivity contribution in [3.8, 4) is 5.75 Å². The maximum absolute atomic E-state index is 13.0. The van der Waals surface area contributed by atoms with Crippen molar-refractivity contribution >= 4 is 29.1 Å². The van der Waals surface area contributed by atoms with Crippen molar-refractivity contribution < 1.29 is 33.6 Å². The molecule has 0 bridgehead atoms. The Kier molecular flexibility index (Phi) is 6.60. The minimum absolute atomic E-state index is 0.00771. The van der Waals surface area contributed by atoms with E-state index in [1.165, 1.54) is 31.4 Å². The lowest BCUT2D eigenvalue weighted by Crippen LogP contribution is -2.31. The van der Waals surface area contributed by atoms with Crippen LogP contribution >= 0.6 is 0 Å². The molecule has 0 radical (unpaired) electrons. The largest absolute Gasteiger partial charge is 0.496 e. The number of amides is 1. The zero-order valence-electron chi connectivity index (χ0n) is 19.3. The van der Waals surface area contributed by atoms with E-state index < -0.39 is 57.8 Å². The first-order valence-electron chi connectivity index (χ1n) is 10.8. The van der Waals surface area contributed by atoms with Gasteiger partial charge < -0.3 is 14.8 Å². The van der Waals surface area contributed by atoms with E-state index in [9.17, 15) is 29.3 Å². The standard InChI is InChI=1S/C26H20N2O8/c1-14(15-7-5-6-10-20(15)35-2)27-21(29)13-36-26(32)19-12-11-18-22(23(19)28(33)34)25(31)17-9-4-3-8-16(17)24(18)30/h3-12,14H,13H2,1-2H3,(H,27,29). The van der Waals surface area contributed by atoms with Gasteiger partial charge in [0, 0.05) is 22.3 Å². The Morgan fingerprint density at radius 3 is 2.25 bits per heavy atom. The number of ether oxygens (including phenoxy) is 2. The SMILES string of the molecule is COc1ccccc1C(C)NC(=O)COC(=O)c1ccc2c(c1[N+](=O)[O-])C(=O)c1ccccc1C2=O. The molecule has 36 heavy (non-hydrogen) atoms. The summed E-state index contributed by atoms with van der Waals surface area (Å²) in [6, 6.07) is 14.8. The van der Waals surface area contributed by atoms with E-state index in [2.05, 4.69) is 5.32 Å². The normalized spacial score (nSPS) is 12.7. The van der Waals surface area contributed by atoms with Crippen molar-refractivity contribution in [2.75, 3.05) is 13.7 Å². The van der Waals surface area contributed by atoms with Crippen molar-refractivity contribution in [1.82, 2.24) is 5.32 Å². The number of nitro groups is 1. The van der Waals surface area contributed by atoms with Gasteiger partial charge in [0.25, 0.3) is 11.6 Å². The van der Waals surface area contributed by atoms with Crippen LogP contribution in [-0.2, 0) is 9.53 Å². The zero-order valence-corrected chi connectivity index (χ0v) is 19.3. The van der Waals surface area contributed by atoms with Gasteiger partial charge in [-0.3, -0.25) is 24.5 Å². The number of esters is 1. The Morgan fingerprint density at radius 2 is 1.58 bits per heavy atom. The highest BCUT2D eigenvalue weighted by Gasteiger charge is 2.39. The highest BCUT2D eigenvalue weighted by molar-refractivity contribution is 6.30. The molecule has 0 aliphatic heterocycles. The van der Waals surface area contributed by atoms with E-state index in [0.29, 0.717) is 11.3 Å². The van der Waals surface area contributed by atoms with Crippen LogP contribution in [0.5, 0.6) is 5.75 Å². The lowest BCUT2D eigenvalue weighted by Gasteiger charge is -2.18. The number of nitrogens with one attached hydrogen (secondary N) is 1. The molecule has 182 valence electrons. The molecule has 10 nitrogen and oxygen atoms in total. The molecule has 1 amide bonds. The number of nitrogens with zero attached hydrogens (tertiary/aromatic N) is 1. The molecule has 3 aromatic carbocycles. The Bertz CT molecular complexity index is 1430. The third kappa shape index (κ3) is 4.31. The molecular formula is C26H20N2O8. The molecule has 0 spiro atoms. The Morgan fingerprint density at radius 1 is 0.944 bits per heavy atom. The maximum Gasteiger partial charge on any atom is 0.345 e.